The number of carbonyl (C=O) groups is 1. The number of amides is 2. The van der Waals surface area contributed by atoms with Gasteiger partial charge in [-0.2, -0.15) is 0 Å². The number of hydrogen-bond acceptors (Lipinski definition) is 2. The molecule has 1 heterocycles. The number of urea groups is 1. The van der Waals surface area contributed by atoms with Crippen LogP contribution in [-0.4, -0.2) is 42.0 Å². The molecule has 24 heavy (non-hydrogen) atoms. The molecule has 0 spiro atoms. The summed E-state index contributed by atoms with van der Waals surface area (Å²) in [7, 11) is 0. The smallest absolute Gasteiger partial charge is 0.321 e. The van der Waals surface area contributed by atoms with Crippen LogP contribution < -0.4 is 5.32 Å². The molecule has 2 aromatic carbocycles. The van der Waals surface area contributed by atoms with Gasteiger partial charge in [0, 0.05) is 48.5 Å². The van der Waals surface area contributed by atoms with Crippen molar-refractivity contribution in [1.82, 2.24) is 9.80 Å². The lowest BCUT2D eigenvalue weighted by Gasteiger charge is -2.34. The van der Waals surface area contributed by atoms with Crippen molar-refractivity contribution in [2.45, 2.75) is 6.54 Å². The standard InChI is InChI=1S/C18H19Cl2N3O/c19-15-5-7-16(8-6-15)21-18(24)23-11-9-22(10-12-23)13-14-3-1-2-4-17(14)20/h1-8H,9-13H2,(H,21,24). The lowest BCUT2D eigenvalue weighted by molar-refractivity contribution is 0.143. The van der Waals surface area contributed by atoms with E-state index in [0.717, 1.165) is 35.9 Å². The van der Waals surface area contributed by atoms with E-state index in [1.165, 1.54) is 0 Å². The summed E-state index contributed by atoms with van der Waals surface area (Å²) >= 11 is 12.1. The Bertz CT molecular complexity index is 698. The van der Waals surface area contributed by atoms with Crippen molar-refractivity contribution < 1.29 is 4.79 Å². The Kier molecular flexibility index (Phi) is 5.61. The first-order valence-electron chi connectivity index (χ1n) is 7.89. The summed E-state index contributed by atoms with van der Waals surface area (Å²) in [6.45, 7) is 3.87. The zero-order valence-corrected chi connectivity index (χ0v) is 14.7. The van der Waals surface area contributed by atoms with Gasteiger partial charge in [0.25, 0.3) is 0 Å². The highest BCUT2D eigenvalue weighted by atomic mass is 35.5. The fraction of sp³-hybridized carbons (Fsp3) is 0.278. The molecule has 1 fully saturated rings. The van der Waals surface area contributed by atoms with E-state index in [2.05, 4.69) is 10.2 Å². The lowest BCUT2D eigenvalue weighted by atomic mass is 10.2. The minimum absolute atomic E-state index is 0.0743. The van der Waals surface area contributed by atoms with Crippen molar-refractivity contribution in [3.63, 3.8) is 0 Å². The van der Waals surface area contributed by atoms with Crippen molar-refractivity contribution >= 4 is 34.9 Å². The van der Waals surface area contributed by atoms with Crippen LogP contribution in [0.4, 0.5) is 10.5 Å². The van der Waals surface area contributed by atoms with Crippen molar-refractivity contribution in [1.29, 1.82) is 0 Å². The summed E-state index contributed by atoms with van der Waals surface area (Å²) < 4.78 is 0. The molecule has 2 aromatic rings. The van der Waals surface area contributed by atoms with Gasteiger partial charge in [-0.3, -0.25) is 4.90 Å². The van der Waals surface area contributed by atoms with Gasteiger partial charge in [0.1, 0.15) is 0 Å². The Morgan fingerprint density at radius 2 is 1.62 bits per heavy atom. The maximum Gasteiger partial charge on any atom is 0.321 e. The molecule has 0 unspecified atom stereocenters. The molecule has 126 valence electrons. The SMILES string of the molecule is O=C(Nc1ccc(Cl)cc1)N1CCN(Cc2ccccc2Cl)CC1. The summed E-state index contributed by atoms with van der Waals surface area (Å²) in [4.78, 5) is 16.5. The van der Waals surface area contributed by atoms with Gasteiger partial charge in [-0.1, -0.05) is 41.4 Å². The zero-order chi connectivity index (χ0) is 16.9. The van der Waals surface area contributed by atoms with Crippen LogP contribution >= 0.6 is 23.2 Å². The Morgan fingerprint density at radius 3 is 2.29 bits per heavy atom. The molecule has 1 aliphatic heterocycles. The Hall–Kier alpha value is -1.75. The summed E-state index contributed by atoms with van der Waals surface area (Å²) in [5.74, 6) is 0. The van der Waals surface area contributed by atoms with E-state index in [4.69, 9.17) is 23.2 Å². The molecule has 1 saturated heterocycles. The molecule has 0 aromatic heterocycles. The molecule has 0 aliphatic carbocycles. The van der Waals surface area contributed by atoms with Gasteiger partial charge in [0.15, 0.2) is 0 Å². The molecule has 4 nitrogen and oxygen atoms in total. The fourth-order valence-corrected chi connectivity index (χ4v) is 3.03. The Morgan fingerprint density at radius 1 is 0.958 bits per heavy atom. The van der Waals surface area contributed by atoms with E-state index in [1.807, 2.05) is 29.2 Å². The molecule has 3 rings (SSSR count). The topological polar surface area (TPSA) is 35.6 Å². The molecular formula is C18H19Cl2N3O. The van der Waals surface area contributed by atoms with E-state index in [0.29, 0.717) is 18.1 Å². The molecule has 0 saturated carbocycles. The third kappa shape index (κ3) is 4.41. The second kappa shape index (κ2) is 7.88. The number of nitrogens with one attached hydrogen (secondary N) is 1. The predicted molar refractivity (Wildman–Crippen MR) is 98.8 cm³/mol. The second-order valence-corrected chi connectivity index (χ2v) is 6.64. The molecule has 6 heteroatoms. The van der Waals surface area contributed by atoms with Crippen molar-refractivity contribution in [2.75, 3.05) is 31.5 Å². The second-order valence-electron chi connectivity index (χ2n) is 5.79. The van der Waals surface area contributed by atoms with Gasteiger partial charge >= 0.3 is 6.03 Å². The lowest BCUT2D eigenvalue weighted by Crippen LogP contribution is -2.49. The highest BCUT2D eigenvalue weighted by molar-refractivity contribution is 6.31. The first-order valence-corrected chi connectivity index (χ1v) is 8.65. The van der Waals surface area contributed by atoms with Gasteiger partial charge in [-0.15, -0.1) is 0 Å². The molecular weight excluding hydrogens is 345 g/mol. The van der Waals surface area contributed by atoms with Crippen LogP contribution in [0.25, 0.3) is 0 Å². The first-order chi connectivity index (χ1) is 11.6. The zero-order valence-electron chi connectivity index (χ0n) is 13.2. The molecule has 0 radical (unpaired) electrons. The number of carbonyl (C=O) groups excluding carboxylic acids is 1. The van der Waals surface area contributed by atoms with Crippen LogP contribution in [0.5, 0.6) is 0 Å². The van der Waals surface area contributed by atoms with E-state index in [1.54, 1.807) is 24.3 Å². The number of piperazine rings is 1. The summed E-state index contributed by atoms with van der Waals surface area (Å²) in [5.41, 5.74) is 1.88. The van der Waals surface area contributed by atoms with Crippen molar-refractivity contribution in [3.05, 3.63) is 64.1 Å². The maximum absolute atomic E-state index is 12.3. The maximum atomic E-state index is 12.3. The van der Waals surface area contributed by atoms with Gasteiger partial charge < -0.3 is 10.2 Å². The van der Waals surface area contributed by atoms with Gasteiger partial charge in [-0.25, -0.2) is 4.79 Å². The summed E-state index contributed by atoms with van der Waals surface area (Å²) in [6, 6.07) is 14.9. The van der Waals surface area contributed by atoms with Crippen LogP contribution in [0.2, 0.25) is 10.0 Å². The monoisotopic (exact) mass is 363 g/mol. The number of halogens is 2. The molecule has 1 aliphatic rings. The first kappa shape index (κ1) is 17.1. The minimum atomic E-state index is -0.0743. The molecule has 2 amide bonds. The molecule has 1 N–H and O–H groups in total. The van der Waals surface area contributed by atoms with Crippen LogP contribution in [0.15, 0.2) is 48.5 Å². The highest BCUT2D eigenvalue weighted by Gasteiger charge is 2.21. The third-order valence-electron chi connectivity index (χ3n) is 4.11. The van der Waals surface area contributed by atoms with Gasteiger partial charge in [-0.05, 0) is 35.9 Å². The van der Waals surface area contributed by atoms with E-state index < -0.39 is 0 Å². The van der Waals surface area contributed by atoms with Crippen LogP contribution in [0.1, 0.15) is 5.56 Å². The van der Waals surface area contributed by atoms with E-state index in [-0.39, 0.29) is 6.03 Å². The fourth-order valence-electron chi connectivity index (χ4n) is 2.71. The van der Waals surface area contributed by atoms with E-state index >= 15 is 0 Å². The van der Waals surface area contributed by atoms with Crippen molar-refractivity contribution in [3.8, 4) is 0 Å². The van der Waals surface area contributed by atoms with E-state index in [9.17, 15) is 4.79 Å². The average Bonchev–Trinajstić information content (AvgIpc) is 2.59. The van der Waals surface area contributed by atoms with Gasteiger partial charge in [0.2, 0.25) is 0 Å². The predicted octanol–water partition coefficient (Wildman–Crippen LogP) is 4.34. The highest BCUT2D eigenvalue weighted by Crippen LogP contribution is 2.18. The number of hydrogen-bond donors (Lipinski definition) is 1. The Balaban J connectivity index is 1.50. The number of benzene rings is 2. The molecule has 0 bridgehead atoms. The third-order valence-corrected chi connectivity index (χ3v) is 4.73. The average molecular weight is 364 g/mol. The van der Waals surface area contributed by atoms with Crippen LogP contribution in [0.3, 0.4) is 0 Å². The summed E-state index contributed by atoms with van der Waals surface area (Å²) in [6.07, 6.45) is 0. The quantitative estimate of drug-likeness (QED) is 0.879. The molecule has 0 atom stereocenters. The largest absolute Gasteiger partial charge is 0.322 e. The van der Waals surface area contributed by atoms with Gasteiger partial charge in [0.05, 0.1) is 0 Å². The minimum Gasteiger partial charge on any atom is -0.322 e. The van der Waals surface area contributed by atoms with Crippen molar-refractivity contribution in [2.24, 2.45) is 0 Å². The Labute approximate surface area is 152 Å². The number of rotatable bonds is 3. The summed E-state index contributed by atoms with van der Waals surface area (Å²) in [5, 5.41) is 4.35. The number of anilines is 1. The van der Waals surface area contributed by atoms with Crippen LogP contribution in [0, 0.1) is 0 Å². The number of nitrogens with zero attached hydrogens (tertiary/aromatic N) is 2. The normalized spacial score (nSPS) is 15.3. The van der Waals surface area contributed by atoms with Crippen LogP contribution in [-0.2, 0) is 6.54 Å².